The van der Waals surface area contributed by atoms with Crippen LogP contribution in [-0.4, -0.2) is 33.4 Å². The fourth-order valence-electron chi connectivity index (χ4n) is 7.28. The molecule has 2 amide bonds. The molecule has 4 atom stereocenters. The maximum Gasteiger partial charge on any atom is 0.271 e. The van der Waals surface area contributed by atoms with Gasteiger partial charge in [-0.15, -0.1) is 0 Å². The Labute approximate surface area is 239 Å². The number of nitro groups is 1. The molecule has 4 aliphatic rings. The van der Waals surface area contributed by atoms with Gasteiger partial charge in [-0.2, -0.15) is 0 Å². The average molecular weight is 561 g/mol. The zero-order valence-corrected chi connectivity index (χ0v) is 22.4. The molecule has 7 rings (SSSR count). The van der Waals surface area contributed by atoms with E-state index >= 15 is 0 Å². The van der Waals surface area contributed by atoms with Crippen molar-refractivity contribution in [2.24, 2.45) is 17.8 Å². The third kappa shape index (κ3) is 3.56. The summed E-state index contributed by atoms with van der Waals surface area (Å²) in [4.78, 5) is 66.6. The Morgan fingerprint density at radius 2 is 1.69 bits per heavy atom. The van der Waals surface area contributed by atoms with E-state index in [0.717, 1.165) is 21.4 Å². The van der Waals surface area contributed by atoms with Gasteiger partial charge < -0.3 is 5.11 Å². The minimum Gasteiger partial charge on any atom is -0.507 e. The number of nitro benzene ring substituents is 1. The number of carbonyl (C=O) groups excluding carboxylic acids is 4. The molecule has 0 saturated carbocycles. The van der Waals surface area contributed by atoms with Gasteiger partial charge in [-0.1, -0.05) is 48.0 Å². The third-order valence-electron chi connectivity index (χ3n) is 9.11. The normalized spacial score (nSPS) is 25.2. The minimum atomic E-state index is -0.799. The summed E-state index contributed by atoms with van der Waals surface area (Å²) >= 11 is 0. The van der Waals surface area contributed by atoms with Crippen molar-refractivity contribution in [2.75, 3.05) is 4.90 Å². The summed E-state index contributed by atoms with van der Waals surface area (Å²) in [6, 6.07) is 16.0. The summed E-state index contributed by atoms with van der Waals surface area (Å²) in [6.45, 7) is 1.61. The van der Waals surface area contributed by atoms with Gasteiger partial charge in [0.15, 0.2) is 11.6 Å². The van der Waals surface area contributed by atoms with E-state index in [0.29, 0.717) is 22.1 Å². The molecular formula is C33H24N2O7. The number of aromatic hydroxyl groups is 1. The standard InChI is InChI=1S/C33H24N2O7/c1-16-13-27(37)25-15-24-22(28(30(25)31(16)38)21-11-12-26(36)20-8-3-2-7-19(20)21)9-10-23-29(24)33(40)34(32(23)39)17-5-4-6-18(14-17)35(41)42/h2-9,11-14,23-24,28-29,36H,10,15H2,1H3/t23-,24+,28-,29-/m0/s1. The zero-order chi connectivity index (χ0) is 29.4. The largest absolute Gasteiger partial charge is 0.507 e. The van der Waals surface area contributed by atoms with Crippen LogP contribution in [0.25, 0.3) is 10.8 Å². The number of Topliss-reactive ketones (excluding diaryl/α,β-unsaturated/α-hetero) is 1. The highest BCUT2D eigenvalue weighted by Gasteiger charge is 2.56. The number of hydrogen-bond donors (Lipinski definition) is 1. The van der Waals surface area contributed by atoms with Crippen molar-refractivity contribution in [3.05, 3.63) is 111 Å². The summed E-state index contributed by atoms with van der Waals surface area (Å²) in [7, 11) is 0. The van der Waals surface area contributed by atoms with Crippen molar-refractivity contribution in [3.63, 3.8) is 0 Å². The number of non-ortho nitro benzene ring substituents is 1. The van der Waals surface area contributed by atoms with Crippen LogP contribution in [0, 0.1) is 27.9 Å². The molecule has 1 N–H and O–H groups in total. The van der Waals surface area contributed by atoms with Gasteiger partial charge in [0, 0.05) is 40.2 Å². The molecule has 1 heterocycles. The van der Waals surface area contributed by atoms with Gasteiger partial charge in [0.1, 0.15) is 5.75 Å². The lowest BCUT2D eigenvalue weighted by molar-refractivity contribution is -0.384. The highest BCUT2D eigenvalue weighted by atomic mass is 16.6. The number of anilines is 1. The monoisotopic (exact) mass is 560 g/mol. The molecule has 0 bridgehead atoms. The van der Waals surface area contributed by atoms with Gasteiger partial charge in [-0.05, 0) is 54.8 Å². The molecule has 208 valence electrons. The summed E-state index contributed by atoms with van der Waals surface area (Å²) in [5.74, 6) is -4.04. The van der Waals surface area contributed by atoms with Crippen LogP contribution >= 0.6 is 0 Å². The highest BCUT2D eigenvalue weighted by molar-refractivity contribution is 6.25. The number of allylic oxidation sites excluding steroid dienone is 6. The SMILES string of the molecule is CC1=CC(=O)C2=C(C1=O)[C@@H](c1ccc(O)c3ccccc13)C1=CC[C@@H]3C(=O)N(c4cccc([N+](=O)[O-])c4)C(=O)[C@@H]3[C@@H]1C2. The van der Waals surface area contributed by atoms with Gasteiger partial charge >= 0.3 is 0 Å². The van der Waals surface area contributed by atoms with Gasteiger partial charge in [0.2, 0.25) is 11.8 Å². The molecule has 1 aliphatic heterocycles. The molecule has 0 spiro atoms. The molecule has 3 aromatic carbocycles. The number of hydrogen-bond acceptors (Lipinski definition) is 7. The first-order valence-corrected chi connectivity index (χ1v) is 13.7. The fraction of sp³-hybridized carbons (Fsp3) is 0.212. The number of rotatable bonds is 3. The van der Waals surface area contributed by atoms with E-state index in [1.165, 1.54) is 30.3 Å². The van der Waals surface area contributed by atoms with Gasteiger partial charge in [-0.3, -0.25) is 29.3 Å². The average Bonchev–Trinajstić information content (AvgIpc) is 3.25. The van der Waals surface area contributed by atoms with E-state index in [4.69, 9.17) is 0 Å². The number of fused-ring (bicyclic) bond motifs is 4. The predicted octanol–water partition coefficient (Wildman–Crippen LogP) is 5.09. The smallest absolute Gasteiger partial charge is 0.271 e. The molecule has 9 nitrogen and oxygen atoms in total. The van der Waals surface area contributed by atoms with Crippen molar-refractivity contribution in [1.82, 2.24) is 0 Å². The van der Waals surface area contributed by atoms with Crippen LogP contribution < -0.4 is 4.90 Å². The maximum atomic E-state index is 14.0. The van der Waals surface area contributed by atoms with Crippen LogP contribution in [0.3, 0.4) is 0 Å². The van der Waals surface area contributed by atoms with Gasteiger partial charge in [0.05, 0.1) is 22.4 Å². The quantitative estimate of drug-likeness (QED) is 0.155. The number of ketones is 2. The second kappa shape index (κ2) is 9.17. The van der Waals surface area contributed by atoms with Crippen LogP contribution in [0.5, 0.6) is 5.75 Å². The zero-order valence-electron chi connectivity index (χ0n) is 22.4. The second-order valence-corrected chi connectivity index (χ2v) is 11.2. The summed E-state index contributed by atoms with van der Waals surface area (Å²) in [5.41, 5.74) is 2.48. The summed E-state index contributed by atoms with van der Waals surface area (Å²) < 4.78 is 0. The number of nitrogens with zero attached hydrogens (tertiary/aromatic N) is 2. The molecule has 3 aliphatic carbocycles. The molecule has 0 aromatic heterocycles. The van der Waals surface area contributed by atoms with E-state index in [2.05, 4.69) is 0 Å². The van der Waals surface area contributed by atoms with Crippen LogP contribution in [0.15, 0.2) is 95.1 Å². The van der Waals surface area contributed by atoms with Gasteiger partial charge in [0.25, 0.3) is 5.69 Å². The number of phenolic OH excluding ortho intramolecular Hbond substituents is 1. The number of benzene rings is 3. The van der Waals surface area contributed by atoms with E-state index in [-0.39, 0.29) is 41.5 Å². The Kier molecular flexibility index (Phi) is 5.63. The van der Waals surface area contributed by atoms with Crippen molar-refractivity contribution in [2.45, 2.75) is 25.7 Å². The third-order valence-corrected chi connectivity index (χ3v) is 9.11. The lowest BCUT2D eigenvalue weighted by Crippen LogP contribution is -2.39. The summed E-state index contributed by atoms with van der Waals surface area (Å²) in [6.07, 6.45) is 3.64. The first-order valence-electron chi connectivity index (χ1n) is 13.7. The van der Waals surface area contributed by atoms with Crippen molar-refractivity contribution < 1.29 is 29.2 Å². The van der Waals surface area contributed by atoms with Crippen LogP contribution in [0.2, 0.25) is 0 Å². The topological polar surface area (TPSA) is 135 Å². The number of imide groups is 1. The van der Waals surface area contributed by atoms with E-state index in [1.54, 1.807) is 31.2 Å². The Morgan fingerprint density at radius 1 is 0.929 bits per heavy atom. The Balaban J connectivity index is 1.40. The van der Waals surface area contributed by atoms with Crippen LogP contribution in [0.4, 0.5) is 11.4 Å². The Morgan fingerprint density at radius 3 is 2.45 bits per heavy atom. The number of phenols is 1. The molecule has 42 heavy (non-hydrogen) atoms. The van der Waals surface area contributed by atoms with Crippen LogP contribution in [0.1, 0.15) is 31.2 Å². The van der Waals surface area contributed by atoms with Gasteiger partial charge in [-0.25, -0.2) is 4.90 Å². The number of amides is 2. The molecule has 1 saturated heterocycles. The molecule has 9 heteroatoms. The highest BCUT2D eigenvalue weighted by Crippen LogP contribution is 2.56. The second-order valence-electron chi connectivity index (χ2n) is 11.2. The molecule has 3 aromatic rings. The number of carbonyl (C=O) groups is 4. The van der Waals surface area contributed by atoms with Crippen molar-refractivity contribution in [1.29, 1.82) is 0 Å². The molecule has 0 radical (unpaired) electrons. The first-order chi connectivity index (χ1) is 20.2. The lowest BCUT2D eigenvalue weighted by Gasteiger charge is -2.42. The molecule has 0 unspecified atom stereocenters. The molecule has 1 fully saturated rings. The van der Waals surface area contributed by atoms with E-state index < -0.39 is 40.4 Å². The summed E-state index contributed by atoms with van der Waals surface area (Å²) in [5, 5.41) is 23.3. The molecular weight excluding hydrogens is 536 g/mol. The fourth-order valence-corrected chi connectivity index (χ4v) is 7.28. The Hall–Kier alpha value is -5.18. The minimum absolute atomic E-state index is 0.0832. The first kappa shape index (κ1) is 25.8. The Bertz CT molecular complexity index is 1900. The van der Waals surface area contributed by atoms with E-state index in [9.17, 15) is 34.4 Å². The lowest BCUT2D eigenvalue weighted by atomic mass is 9.59. The van der Waals surface area contributed by atoms with E-state index in [1.807, 2.05) is 18.2 Å². The maximum absolute atomic E-state index is 14.0. The predicted molar refractivity (Wildman–Crippen MR) is 153 cm³/mol. The van der Waals surface area contributed by atoms with Crippen LogP contribution in [-0.2, 0) is 19.2 Å². The van der Waals surface area contributed by atoms with Crippen molar-refractivity contribution in [3.8, 4) is 5.75 Å². The van der Waals surface area contributed by atoms with Crippen molar-refractivity contribution >= 4 is 45.5 Å².